The molecular weight excluding hydrogens is 242 g/mol. The molecule has 1 N–H and O–H groups in total. The molecule has 0 spiro atoms. The summed E-state index contributed by atoms with van der Waals surface area (Å²) in [7, 11) is 0. The molecule has 0 radical (unpaired) electrons. The van der Waals surface area contributed by atoms with Gasteiger partial charge in [0.15, 0.2) is 0 Å². The van der Waals surface area contributed by atoms with Crippen molar-refractivity contribution in [1.82, 2.24) is 5.32 Å². The number of halogens is 1. The summed E-state index contributed by atoms with van der Waals surface area (Å²) in [5, 5.41) is 4.24. The van der Waals surface area contributed by atoms with Gasteiger partial charge in [0.25, 0.3) is 0 Å². The highest BCUT2D eigenvalue weighted by Gasteiger charge is 1.98. The second-order valence-electron chi connectivity index (χ2n) is 4.37. The van der Waals surface area contributed by atoms with E-state index in [2.05, 4.69) is 42.6 Å². The van der Waals surface area contributed by atoms with Gasteiger partial charge in [0.2, 0.25) is 0 Å². The fourth-order valence-electron chi connectivity index (χ4n) is 1.88. The Morgan fingerprint density at radius 2 is 1.56 bits per heavy atom. The van der Waals surface area contributed by atoms with E-state index in [0.29, 0.717) is 0 Å². The van der Waals surface area contributed by atoms with Crippen molar-refractivity contribution in [2.24, 2.45) is 0 Å². The summed E-state index contributed by atoms with van der Waals surface area (Å²) in [6.45, 7) is 3.84. The lowest BCUT2D eigenvalue weighted by Gasteiger charge is -2.07. The number of nitrogens with one attached hydrogen (secondary N) is 1. The maximum atomic E-state index is 6.11. The van der Waals surface area contributed by atoms with E-state index in [0.717, 1.165) is 30.1 Å². The van der Waals surface area contributed by atoms with E-state index in [1.807, 2.05) is 18.2 Å². The van der Waals surface area contributed by atoms with Crippen LogP contribution in [-0.2, 0) is 19.5 Å². The maximum absolute atomic E-state index is 6.11. The topological polar surface area (TPSA) is 12.0 Å². The fraction of sp³-hybridized carbons (Fsp3) is 0.250. The third-order valence-corrected chi connectivity index (χ3v) is 3.40. The minimum Gasteiger partial charge on any atom is -0.309 e. The zero-order valence-corrected chi connectivity index (χ0v) is 11.4. The van der Waals surface area contributed by atoms with Gasteiger partial charge in [-0.25, -0.2) is 0 Å². The van der Waals surface area contributed by atoms with Crippen LogP contribution in [-0.4, -0.2) is 0 Å². The molecule has 0 atom stereocenters. The molecule has 0 heterocycles. The van der Waals surface area contributed by atoms with Crippen LogP contribution in [0.25, 0.3) is 0 Å². The van der Waals surface area contributed by atoms with Gasteiger partial charge in [0.05, 0.1) is 0 Å². The highest BCUT2D eigenvalue weighted by molar-refractivity contribution is 6.31. The van der Waals surface area contributed by atoms with E-state index in [-0.39, 0.29) is 0 Å². The first-order chi connectivity index (χ1) is 8.79. The van der Waals surface area contributed by atoms with Crippen LogP contribution in [0, 0.1) is 0 Å². The fourth-order valence-corrected chi connectivity index (χ4v) is 2.08. The Morgan fingerprint density at radius 1 is 0.889 bits per heavy atom. The molecule has 0 aliphatic rings. The number of hydrogen-bond acceptors (Lipinski definition) is 1. The lowest BCUT2D eigenvalue weighted by Crippen LogP contribution is -2.12. The molecule has 1 nitrogen and oxygen atoms in total. The Morgan fingerprint density at radius 3 is 2.22 bits per heavy atom. The summed E-state index contributed by atoms with van der Waals surface area (Å²) >= 11 is 6.11. The average Bonchev–Trinajstić information content (AvgIpc) is 2.42. The first-order valence-corrected chi connectivity index (χ1v) is 6.69. The average molecular weight is 260 g/mol. The van der Waals surface area contributed by atoms with Crippen LogP contribution in [0.5, 0.6) is 0 Å². The highest BCUT2D eigenvalue weighted by atomic mass is 35.5. The van der Waals surface area contributed by atoms with Crippen LogP contribution in [0.4, 0.5) is 0 Å². The van der Waals surface area contributed by atoms with Gasteiger partial charge in [-0.2, -0.15) is 0 Å². The molecule has 2 heteroatoms. The van der Waals surface area contributed by atoms with Gasteiger partial charge in [-0.15, -0.1) is 0 Å². The molecule has 0 aromatic heterocycles. The van der Waals surface area contributed by atoms with Crippen LogP contribution in [0.3, 0.4) is 0 Å². The second-order valence-corrected chi connectivity index (χ2v) is 4.77. The van der Waals surface area contributed by atoms with Crippen molar-refractivity contribution >= 4 is 11.6 Å². The summed E-state index contributed by atoms with van der Waals surface area (Å²) in [4.78, 5) is 0. The lowest BCUT2D eigenvalue weighted by molar-refractivity contribution is 0.693. The van der Waals surface area contributed by atoms with Crippen molar-refractivity contribution in [3.8, 4) is 0 Å². The number of rotatable bonds is 5. The summed E-state index contributed by atoms with van der Waals surface area (Å²) in [6, 6.07) is 16.7. The van der Waals surface area contributed by atoms with Crippen LogP contribution >= 0.6 is 11.6 Å². The molecule has 0 saturated heterocycles. The van der Waals surface area contributed by atoms with Gasteiger partial charge in [-0.3, -0.25) is 0 Å². The first-order valence-electron chi connectivity index (χ1n) is 6.31. The number of benzene rings is 2. The zero-order chi connectivity index (χ0) is 12.8. The van der Waals surface area contributed by atoms with Gasteiger partial charge in [0.1, 0.15) is 0 Å². The minimum atomic E-state index is 0.801. The van der Waals surface area contributed by atoms with Gasteiger partial charge >= 0.3 is 0 Å². The number of hydrogen-bond donors (Lipinski definition) is 1. The SMILES string of the molecule is CCc1ccc(CNCc2ccccc2Cl)cc1. The standard InChI is InChI=1S/C16H18ClN/c1-2-13-7-9-14(10-8-13)11-18-12-15-5-3-4-6-16(15)17/h3-10,18H,2,11-12H2,1H3. The molecule has 0 aliphatic carbocycles. The van der Waals surface area contributed by atoms with Crippen molar-refractivity contribution in [2.75, 3.05) is 0 Å². The van der Waals surface area contributed by atoms with E-state index in [4.69, 9.17) is 11.6 Å². The molecule has 0 saturated carbocycles. The van der Waals surface area contributed by atoms with Gasteiger partial charge in [-0.1, -0.05) is 61.0 Å². The summed E-state index contributed by atoms with van der Waals surface area (Å²) < 4.78 is 0. The van der Waals surface area contributed by atoms with E-state index < -0.39 is 0 Å². The quantitative estimate of drug-likeness (QED) is 0.849. The zero-order valence-electron chi connectivity index (χ0n) is 10.6. The molecule has 2 aromatic carbocycles. The normalized spacial score (nSPS) is 10.6. The van der Waals surface area contributed by atoms with E-state index in [1.54, 1.807) is 0 Å². The third kappa shape index (κ3) is 3.59. The summed E-state index contributed by atoms with van der Waals surface area (Å²) in [6.07, 6.45) is 1.09. The molecular formula is C16H18ClN. The van der Waals surface area contributed by atoms with Crippen LogP contribution in [0.2, 0.25) is 5.02 Å². The second kappa shape index (κ2) is 6.58. The molecule has 18 heavy (non-hydrogen) atoms. The molecule has 0 bridgehead atoms. The number of aryl methyl sites for hydroxylation is 1. The molecule has 94 valence electrons. The molecule has 2 rings (SSSR count). The van der Waals surface area contributed by atoms with Crippen molar-refractivity contribution in [3.05, 3.63) is 70.2 Å². The van der Waals surface area contributed by atoms with E-state index in [9.17, 15) is 0 Å². The van der Waals surface area contributed by atoms with Crippen molar-refractivity contribution in [1.29, 1.82) is 0 Å². The minimum absolute atomic E-state index is 0.801. The molecule has 0 aliphatic heterocycles. The summed E-state index contributed by atoms with van der Waals surface area (Å²) in [5.74, 6) is 0. The van der Waals surface area contributed by atoms with Gasteiger partial charge < -0.3 is 5.32 Å². The maximum Gasteiger partial charge on any atom is 0.0450 e. The highest BCUT2D eigenvalue weighted by Crippen LogP contribution is 2.14. The van der Waals surface area contributed by atoms with Crippen molar-refractivity contribution < 1.29 is 0 Å². The Balaban J connectivity index is 1.86. The Bertz CT molecular complexity index is 491. The molecule has 2 aromatic rings. The molecule has 0 amide bonds. The first kappa shape index (κ1) is 13.1. The largest absolute Gasteiger partial charge is 0.309 e. The molecule has 0 unspecified atom stereocenters. The van der Waals surface area contributed by atoms with Crippen LogP contribution in [0.1, 0.15) is 23.6 Å². The Hall–Kier alpha value is -1.31. The smallest absolute Gasteiger partial charge is 0.0450 e. The van der Waals surface area contributed by atoms with E-state index in [1.165, 1.54) is 11.1 Å². The Labute approximate surface area is 114 Å². The Kier molecular flexibility index (Phi) is 4.80. The monoisotopic (exact) mass is 259 g/mol. The van der Waals surface area contributed by atoms with Crippen molar-refractivity contribution in [3.63, 3.8) is 0 Å². The molecule has 0 fully saturated rings. The third-order valence-electron chi connectivity index (χ3n) is 3.03. The van der Waals surface area contributed by atoms with Gasteiger partial charge in [0, 0.05) is 18.1 Å². The lowest BCUT2D eigenvalue weighted by atomic mass is 10.1. The van der Waals surface area contributed by atoms with E-state index >= 15 is 0 Å². The van der Waals surface area contributed by atoms with Crippen LogP contribution < -0.4 is 5.32 Å². The van der Waals surface area contributed by atoms with Crippen molar-refractivity contribution in [2.45, 2.75) is 26.4 Å². The van der Waals surface area contributed by atoms with Gasteiger partial charge in [-0.05, 0) is 29.2 Å². The van der Waals surface area contributed by atoms with Crippen LogP contribution in [0.15, 0.2) is 48.5 Å². The predicted molar refractivity (Wildman–Crippen MR) is 77.8 cm³/mol. The predicted octanol–water partition coefficient (Wildman–Crippen LogP) is 4.19. The summed E-state index contributed by atoms with van der Waals surface area (Å²) in [5.41, 5.74) is 3.83.